The highest BCUT2D eigenvalue weighted by molar-refractivity contribution is 6.10. The molecule has 0 spiro atoms. The molecule has 2 amide bonds. The van der Waals surface area contributed by atoms with Gasteiger partial charge in [0.1, 0.15) is 18.0 Å². The number of anilines is 2. The molecule has 2 N–H and O–H groups in total. The third kappa shape index (κ3) is 3.62. The molecular weight excluding hydrogens is 453 g/mol. The van der Waals surface area contributed by atoms with Gasteiger partial charge in [0, 0.05) is 12.7 Å². The molecule has 0 bridgehead atoms. The minimum Gasteiger partial charge on any atom is -0.387 e. The zero-order valence-electron chi connectivity index (χ0n) is 17.3. The Bertz CT molecular complexity index is 1170. The van der Waals surface area contributed by atoms with Gasteiger partial charge >= 0.3 is 6.18 Å². The average molecular weight is 471 g/mol. The van der Waals surface area contributed by atoms with E-state index in [9.17, 15) is 41.8 Å². The van der Waals surface area contributed by atoms with Crippen molar-refractivity contribution in [1.82, 2.24) is 4.98 Å². The molecule has 3 unspecified atom stereocenters. The Hall–Kier alpha value is -3.12. The van der Waals surface area contributed by atoms with Crippen LogP contribution in [0.25, 0.3) is 0 Å². The molecule has 2 aliphatic rings. The quantitative estimate of drug-likeness (QED) is 0.667. The monoisotopic (exact) mass is 471 g/mol. The number of hydrogen-bond donors (Lipinski definition) is 2. The van der Waals surface area contributed by atoms with E-state index in [1.807, 2.05) is 0 Å². The number of aryl methyl sites for hydroxylation is 2. The molecule has 4 rings (SSSR count). The smallest absolute Gasteiger partial charge is 0.387 e. The summed E-state index contributed by atoms with van der Waals surface area (Å²) in [6, 6.07) is 0.550. The zero-order chi connectivity index (χ0) is 24.4. The van der Waals surface area contributed by atoms with Crippen LogP contribution in [0.3, 0.4) is 0 Å². The second kappa shape index (κ2) is 7.73. The number of alkyl halides is 3. The Morgan fingerprint density at radius 3 is 2.39 bits per heavy atom. The normalized spacial score (nSPS) is 22.3. The van der Waals surface area contributed by atoms with Crippen molar-refractivity contribution >= 4 is 23.3 Å². The van der Waals surface area contributed by atoms with Gasteiger partial charge in [-0.05, 0) is 49.1 Å². The molecule has 1 saturated heterocycles. The van der Waals surface area contributed by atoms with Crippen molar-refractivity contribution < 1.29 is 41.8 Å². The van der Waals surface area contributed by atoms with Crippen molar-refractivity contribution in [3.8, 4) is 0 Å². The van der Waals surface area contributed by atoms with E-state index in [0.29, 0.717) is 34.3 Å². The number of carbonyl (C=O) groups is 2. The highest BCUT2D eigenvalue weighted by Gasteiger charge is 2.53. The molecule has 1 aromatic heterocycles. The molecule has 2 aromatic rings. The van der Waals surface area contributed by atoms with E-state index >= 15 is 0 Å². The van der Waals surface area contributed by atoms with Gasteiger partial charge in [-0.1, -0.05) is 0 Å². The van der Waals surface area contributed by atoms with Gasteiger partial charge in [0.2, 0.25) is 0 Å². The fourth-order valence-corrected chi connectivity index (χ4v) is 4.04. The average Bonchev–Trinajstić information content (AvgIpc) is 2.94. The first kappa shape index (κ1) is 23.1. The number of nitrogens with zero attached hydrogens (tertiary/aromatic N) is 3. The lowest BCUT2D eigenvalue weighted by Gasteiger charge is -2.30. The van der Waals surface area contributed by atoms with E-state index in [1.165, 1.54) is 13.0 Å². The lowest BCUT2D eigenvalue weighted by molar-refractivity contribution is -0.137. The number of carbonyl (C=O) groups excluding carboxylic acids is 2. The molecule has 1 aliphatic carbocycles. The van der Waals surface area contributed by atoms with Gasteiger partial charge < -0.3 is 15.1 Å². The van der Waals surface area contributed by atoms with Crippen LogP contribution in [0.2, 0.25) is 0 Å². The van der Waals surface area contributed by atoms with E-state index in [1.54, 1.807) is 0 Å². The fourth-order valence-electron chi connectivity index (χ4n) is 4.04. The van der Waals surface area contributed by atoms with E-state index in [4.69, 9.17) is 0 Å². The summed E-state index contributed by atoms with van der Waals surface area (Å²) >= 11 is 0. The maximum Gasteiger partial charge on any atom is 0.416 e. The summed E-state index contributed by atoms with van der Waals surface area (Å²) in [6.45, 7) is 1.23. The Labute approximate surface area is 184 Å². The van der Waals surface area contributed by atoms with Crippen LogP contribution in [0.5, 0.6) is 0 Å². The summed E-state index contributed by atoms with van der Waals surface area (Å²) in [4.78, 5) is 30.7. The predicted molar refractivity (Wildman–Crippen MR) is 104 cm³/mol. The van der Waals surface area contributed by atoms with Crippen LogP contribution in [0.1, 0.15) is 22.4 Å². The molecule has 176 valence electrons. The lowest BCUT2D eigenvalue weighted by Crippen LogP contribution is -2.50. The number of aliphatic hydroxyl groups excluding tert-OH is 2. The number of aliphatic hydroxyl groups is 2. The third-order valence-electron chi connectivity index (χ3n) is 5.90. The molecule has 3 atom stereocenters. The number of pyridine rings is 1. The molecule has 7 nitrogen and oxygen atoms in total. The maximum atomic E-state index is 14.6. The Balaban J connectivity index is 1.77. The van der Waals surface area contributed by atoms with E-state index in [2.05, 4.69) is 4.98 Å². The van der Waals surface area contributed by atoms with E-state index in [0.717, 1.165) is 13.1 Å². The Kier molecular flexibility index (Phi) is 5.40. The van der Waals surface area contributed by atoms with Crippen molar-refractivity contribution in [2.24, 2.45) is 0 Å². The first-order valence-electron chi connectivity index (χ1n) is 9.85. The number of aromatic nitrogens is 1. The molecule has 33 heavy (non-hydrogen) atoms. The first-order chi connectivity index (χ1) is 15.3. The number of likely N-dealkylation sites (N-methyl/N-ethyl adjacent to an activating group) is 1. The second-order valence-electron chi connectivity index (χ2n) is 8.00. The standard InChI is InChI=1S/C21H18F5N3O4/c1-8-5-10(21(24,25)26)7-13(27-8)29-16(17(30)18(31)20(29)33)19(32)28(2)12-6-9-3-4-11(9)14(22)15(12)23/h5-7,16-18,30-31H,3-4H2,1-2H3. The molecule has 0 saturated carbocycles. The van der Waals surface area contributed by atoms with Crippen molar-refractivity contribution in [2.45, 2.75) is 44.2 Å². The third-order valence-corrected chi connectivity index (χ3v) is 5.90. The van der Waals surface area contributed by atoms with Crippen LogP contribution in [-0.4, -0.2) is 52.3 Å². The molecule has 1 aliphatic heterocycles. The highest BCUT2D eigenvalue weighted by atomic mass is 19.4. The summed E-state index contributed by atoms with van der Waals surface area (Å²) in [5, 5.41) is 20.4. The molecule has 1 fully saturated rings. The van der Waals surface area contributed by atoms with Crippen molar-refractivity contribution in [2.75, 3.05) is 16.8 Å². The van der Waals surface area contributed by atoms with E-state index in [-0.39, 0.29) is 11.3 Å². The minimum atomic E-state index is -4.80. The van der Waals surface area contributed by atoms with Gasteiger partial charge in [0.25, 0.3) is 11.8 Å². The largest absolute Gasteiger partial charge is 0.416 e. The summed E-state index contributed by atoms with van der Waals surface area (Å²) in [7, 11) is 1.07. The van der Waals surface area contributed by atoms with Crippen LogP contribution in [-0.2, 0) is 28.6 Å². The van der Waals surface area contributed by atoms with E-state index < -0.39 is 64.9 Å². The number of benzene rings is 1. The van der Waals surface area contributed by atoms with Gasteiger partial charge in [-0.25, -0.2) is 13.8 Å². The minimum absolute atomic E-state index is 0.140. The second-order valence-corrected chi connectivity index (χ2v) is 8.00. The topological polar surface area (TPSA) is 94.0 Å². The molecule has 1 aromatic carbocycles. The summed E-state index contributed by atoms with van der Waals surface area (Å²) in [5.41, 5.74) is -1.10. The molecular formula is C21H18F5N3O4. The number of halogens is 5. The van der Waals surface area contributed by atoms with Crippen LogP contribution in [0, 0.1) is 18.6 Å². The molecule has 12 heteroatoms. The summed E-state index contributed by atoms with van der Waals surface area (Å²) in [6.07, 6.45) is -8.19. The van der Waals surface area contributed by atoms with Gasteiger partial charge in [0.15, 0.2) is 17.7 Å². The van der Waals surface area contributed by atoms with Crippen molar-refractivity contribution in [1.29, 1.82) is 0 Å². The maximum absolute atomic E-state index is 14.6. The van der Waals surface area contributed by atoms with Gasteiger partial charge in [0.05, 0.1) is 11.3 Å². The number of rotatable bonds is 3. The van der Waals surface area contributed by atoms with Crippen LogP contribution in [0.4, 0.5) is 33.5 Å². The lowest BCUT2D eigenvalue weighted by atomic mass is 9.87. The van der Waals surface area contributed by atoms with Crippen molar-refractivity contribution in [3.05, 3.63) is 52.2 Å². The predicted octanol–water partition coefficient (Wildman–Crippen LogP) is 1.89. The summed E-state index contributed by atoms with van der Waals surface area (Å²) < 4.78 is 68.6. The molecule has 0 radical (unpaired) electrons. The Morgan fingerprint density at radius 1 is 1.15 bits per heavy atom. The first-order valence-corrected chi connectivity index (χ1v) is 9.85. The Morgan fingerprint density at radius 2 is 1.82 bits per heavy atom. The van der Waals surface area contributed by atoms with Crippen molar-refractivity contribution in [3.63, 3.8) is 0 Å². The fraction of sp³-hybridized carbons (Fsp3) is 0.381. The zero-order valence-corrected chi connectivity index (χ0v) is 17.3. The molecule has 2 heterocycles. The number of amides is 2. The van der Waals surface area contributed by atoms with Gasteiger partial charge in [-0.3, -0.25) is 14.5 Å². The number of hydrogen-bond acceptors (Lipinski definition) is 5. The summed E-state index contributed by atoms with van der Waals surface area (Å²) in [5.74, 6) is -5.48. The van der Waals surface area contributed by atoms with Crippen LogP contribution < -0.4 is 9.80 Å². The van der Waals surface area contributed by atoms with Gasteiger partial charge in [-0.15, -0.1) is 0 Å². The van der Waals surface area contributed by atoms with Crippen LogP contribution >= 0.6 is 0 Å². The number of fused-ring (bicyclic) bond motifs is 1. The van der Waals surface area contributed by atoms with Crippen LogP contribution in [0.15, 0.2) is 18.2 Å². The SMILES string of the molecule is Cc1cc(C(F)(F)F)cc(N2C(=O)C(O)C(O)C2C(=O)N(C)c2cc3c(c(F)c2F)CC3)n1. The van der Waals surface area contributed by atoms with Gasteiger partial charge in [-0.2, -0.15) is 13.2 Å². The highest BCUT2D eigenvalue weighted by Crippen LogP contribution is 2.37.